The topological polar surface area (TPSA) is 62.2 Å². The molecule has 1 atom stereocenters. The van der Waals surface area contributed by atoms with Crippen molar-refractivity contribution in [2.45, 2.75) is 38.8 Å². The largest absolute Gasteiger partial charge is 0.458 e. The molecule has 0 bridgehead atoms. The Kier molecular flexibility index (Phi) is 8.63. The van der Waals surface area contributed by atoms with Crippen LogP contribution in [0.25, 0.3) is 6.08 Å². The summed E-state index contributed by atoms with van der Waals surface area (Å²) < 4.78 is 5.87. The van der Waals surface area contributed by atoms with Gasteiger partial charge < -0.3 is 4.74 Å². The van der Waals surface area contributed by atoms with Gasteiger partial charge in [0, 0.05) is 23.2 Å². The number of rotatable bonds is 8. The first-order valence-corrected chi connectivity index (χ1v) is 14.1. The van der Waals surface area contributed by atoms with E-state index >= 15 is 0 Å². The van der Waals surface area contributed by atoms with Gasteiger partial charge in [-0.25, -0.2) is 14.6 Å². The van der Waals surface area contributed by atoms with Gasteiger partial charge in [0.2, 0.25) is 0 Å². The molecule has 6 nitrogen and oxygen atoms in total. The molecule has 0 N–H and O–H groups in total. The Bertz CT molecular complexity index is 1520. The van der Waals surface area contributed by atoms with Crippen molar-refractivity contribution < 1.29 is 14.3 Å². The van der Waals surface area contributed by atoms with E-state index in [-0.39, 0.29) is 12.6 Å². The van der Waals surface area contributed by atoms with Crippen LogP contribution in [0.15, 0.2) is 132 Å². The van der Waals surface area contributed by atoms with E-state index in [1.807, 2.05) is 148 Å². The molecule has 212 valence electrons. The SMILES string of the molecule is CC(C)(C)OC(=O)[C@@H](Cc1ccccc1)N1C(=O)N(N=C(c2ccccc2)c2ccccc2)C/C1=C/c1ccccc1. The lowest BCUT2D eigenvalue weighted by Gasteiger charge is -2.30. The number of nitrogens with zero attached hydrogens (tertiary/aromatic N) is 3. The summed E-state index contributed by atoms with van der Waals surface area (Å²) in [6.07, 6.45) is 2.25. The number of hydrogen-bond donors (Lipinski definition) is 0. The number of hydrazone groups is 1. The van der Waals surface area contributed by atoms with Gasteiger partial charge in [0.15, 0.2) is 0 Å². The van der Waals surface area contributed by atoms with E-state index in [0.29, 0.717) is 17.8 Å². The van der Waals surface area contributed by atoms with Crippen molar-refractivity contribution in [3.8, 4) is 0 Å². The molecule has 0 radical (unpaired) electrons. The Morgan fingerprint density at radius 3 is 1.83 bits per heavy atom. The molecule has 1 aliphatic rings. The van der Waals surface area contributed by atoms with Crippen LogP contribution in [0, 0.1) is 0 Å². The minimum absolute atomic E-state index is 0.199. The fourth-order valence-corrected chi connectivity index (χ4v) is 4.89. The number of carbonyl (C=O) groups is 2. The molecule has 0 aromatic heterocycles. The van der Waals surface area contributed by atoms with Gasteiger partial charge in [-0.05, 0) is 38.0 Å². The van der Waals surface area contributed by atoms with Crippen molar-refractivity contribution in [1.82, 2.24) is 9.91 Å². The van der Waals surface area contributed by atoms with Crippen LogP contribution in [0.5, 0.6) is 0 Å². The third-order valence-electron chi connectivity index (χ3n) is 6.76. The molecule has 1 saturated heterocycles. The normalized spacial score (nSPS) is 15.0. The Hall–Kier alpha value is -4.97. The molecule has 0 spiro atoms. The third kappa shape index (κ3) is 7.02. The Morgan fingerprint density at radius 1 is 0.810 bits per heavy atom. The van der Waals surface area contributed by atoms with Gasteiger partial charge in [0.25, 0.3) is 0 Å². The lowest BCUT2D eigenvalue weighted by Crippen LogP contribution is -2.46. The first-order valence-electron chi connectivity index (χ1n) is 14.1. The molecule has 1 aliphatic heterocycles. The van der Waals surface area contributed by atoms with E-state index in [0.717, 1.165) is 22.3 Å². The van der Waals surface area contributed by atoms with Crippen LogP contribution in [0.2, 0.25) is 0 Å². The minimum Gasteiger partial charge on any atom is -0.458 e. The van der Waals surface area contributed by atoms with Crippen LogP contribution in [0.3, 0.4) is 0 Å². The van der Waals surface area contributed by atoms with Crippen LogP contribution >= 0.6 is 0 Å². The first kappa shape index (κ1) is 28.6. The third-order valence-corrected chi connectivity index (χ3v) is 6.76. The van der Waals surface area contributed by atoms with Gasteiger partial charge in [0.1, 0.15) is 11.6 Å². The molecule has 0 unspecified atom stereocenters. The maximum Gasteiger partial charge on any atom is 0.345 e. The zero-order chi connectivity index (χ0) is 29.5. The highest BCUT2D eigenvalue weighted by Crippen LogP contribution is 2.29. The summed E-state index contributed by atoms with van der Waals surface area (Å²) in [5.74, 6) is -0.462. The molecule has 5 rings (SSSR count). The van der Waals surface area contributed by atoms with Gasteiger partial charge in [-0.2, -0.15) is 5.10 Å². The van der Waals surface area contributed by atoms with Gasteiger partial charge >= 0.3 is 12.0 Å². The van der Waals surface area contributed by atoms with Crippen molar-refractivity contribution in [2.24, 2.45) is 5.10 Å². The fraction of sp³-hybridized carbons (Fsp3) is 0.194. The predicted octanol–water partition coefficient (Wildman–Crippen LogP) is 7.17. The standard InChI is InChI=1S/C36H35N3O3/c1-36(2,3)42-34(40)32(25-28-18-10-5-11-19-28)39-31(24-27-16-8-4-9-17-27)26-38(35(39)41)37-33(29-20-12-6-13-21-29)30-22-14-7-15-23-30/h4-24,32H,25-26H2,1-3H3/b31-24-/t32-/m1/s1. The van der Waals surface area contributed by atoms with E-state index in [4.69, 9.17) is 9.84 Å². The number of esters is 1. The first-order chi connectivity index (χ1) is 20.3. The van der Waals surface area contributed by atoms with Gasteiger partial charge in [-0.15, -0.1) is 0 Å². The van der Waals surface area contributed by atoms with E-state index in [2.05, 4.69) is 0 Å². The van der Waals surface area contributed by atoms with Crippen LogP contribution in [0.1, 0.15) is 43.0 Å². The molecule has 2 amide bonds. The molecule has 1 fully saturated rings. The van der Waals surface area contributed by atoms with Crippen molar-refractivity contribution in [3.63, 3.8) is 0 Å². The molecule has 4 aromatic carbocycles. The van der Waals surface area contributed by atoms with E-state index in [1.54, 1.807) is 4.90 Å². The van der Waals surface area contributed by atoms with Gasteiger partial charge in [-0.1, -0.05) is 121 Å². The Balaban J connectivity index is 1.61. The van der Waals surface area contributed by atoms with Crippen LogP contribution in [-0.4, -0.2) is 45.8 Å². The molecule has 1 heterocycles. The van der Waals surface area contributed by atoms with Crippen molar-refractivity contribution in [2.75, 3.05) is 6.54 Å². The van der Waals surface area contributed by atoms with E-state index < -0.39 is 17.6 Å². The number of hydrogen-bond acceptors (Lipinski definition) is 4. The Morgan fingerprint density at radius 2 is 1.31 bits per heavy atom. The number of amides is 2. The Labute approximate surface area is 247 Å². The van der Waals surface area contributed by atoms with Gasteiger partial charge in [-0.3, -0.25) is 4.90 Å². The molecular formula is C36H35N3O3. The van der Waals surface area contributed by atoms with Crippen LogP contribution in [-0.2, 0) is 16.0 Å². The zero-order valence-electron chi connectivity index (χ0n) is 24.2. The predicted molar refractivity (Wildman–Crippen MR) is 167 cm³/mol. The second kappa shape index (κ2) is 12.7. The van der Waals surface area contributed by atoms with Crippen molar-refractivity contribution in [1.29, 1.82) is 0 Å². The maximum absolute atomic E-state index is 14.3. The summed E-state index contributed by atoms with van der Waals surface area (Å²) in [5.41, 5.74) is 4.24. The minimum atomic E-state index is -0.883. The molecule has 0 aliphatic carbocycles. The molecular weight excluding hydrogens is 522 g/mol. The highest BCUT2D eigenvalue weighted by molar-refractivity contribution is 6.13. The average molecular weight is 558 g/mol. The number of ether oxygens (including phenoxy) is 1. The highest BCUT2D eigenvalue weighted by atomic mass is 16.6. The summed E-state index contributed by atoms with van der Waals surface area (Å²) >= 11 is 0. The zero-order valence-corrected chi connectivity index (χ0v) is 24.2. The summed E-state index contributed by atoms with van der Waals surface area (Å²) in [6.45, 7) is 5.70. The van der Waals surface area contributed by atoms with Crippen molar-refractivity contribution in [3.05, 3.63) is 149 Å². The summed E-state index contributed by atoms with van der Waals surface area (Å²) in [7, 11) is 0. The second-order valence-corrected chi connectivity index (χ2v) is 11.2. The summed E-state index contributed by atoms with van der Waals surface area (Å²) in [5, 5.41) is 6.38. The van der Waals surface area contributed by atoms with Crippen LogP contribution < -0.4 is 0 Å². The lowest BCUT2D eigenvalue weighted by atomic mass is 10.0. The summed E-state index contributed by atoms with van der Waals surface area (Å²) in [4.78, 5) is 29.6. The molecule has 6 heteroatoms. The van der Waals surface area contributed by atoms with Gasteiger partial charge in [0.05, 0.1) is 12.3 Å². The fourth-order valence-electron chi connectivity index (χ4n) is 4.89. The number of urea groups is 1. The number of carbonyl (C=O) groups excluding carboxylic acids is 2. The molecule has 4 aromatic rings. The quantitative estimate of drug-likeness (QED) is 0.170. The van der Waals surface area contributed by atoms with E-state index in [1.165, 1.54) is 5.01 Å². The van der Waals surface area contributed by atoms with Crippen molar-refractivity contribution >= 4 is 23.8 Å². The average Bonchev–Trinajstić information content (AvgIpc) is 3.29. The monoisotopic (exact) mass is 557 g/mol. The summed E-state index contributed by atoms with van der Waals surface area (Å²) in [6, 6.07) is 37.8. The number of benzene rings is 4. The smallest absolute Gasteiger partial charge is 0.345 e. The van der Waals surface area contributed by atoms with Crippen LogP contribution in [0.4, 0.5) is 4.79 Å². The van der Waals surface area contributed by atoms with E-state index in [9.17, 15) is 9.59 Å². The lowest BCUT2D eigenvalue weighted by molar-refractivity contribution is -0.159. The maximum atomic E-state index is 14.3. The molecule has 42 heavy (non-hydrogen) atoms. The second-order valence-electron chi connectivity index (χ2n) is 11.2. The highest BCUT2D eigenvalue weighted by Gasteiger charge is 2.43. The molecule has 0 saturated carbocycles.